The molecule has 1 aromatic rings. The number of rotatable bonds is 3. The van der Waals surface area contributed by atoms with Crippen molar-refractivity contribution in [3.05, 3.63) is 35.4 Å². The standard InChI is InChI=1S/C13H15F2NO/c14-11-4-5-13(15)10(7-11)8-16-6-2-1-3-12(16)9-17/h4-5,7,9,12H,1-3,6,8H2. The van der Waals surface area contributed by atoms with Gasteiger partial charge in [-0.3, -0.25) is 4.90 Å². The summed E-state index contributed by atoms with van der Waals surface area (Å²) in [5, 5.41) is 0. The fourth-order valence-corrected chi connectivity index (χ4v) is 2.25. The molecular formula is C13H15F2NO. The average Bonchev–Trinajstić information content (AvgIpc) is 2.34. The molecule has 92 valence electrons. The highest BCUT2D eigenvalue weighted by atomic mass is 19.1. The fourth-order valence-electron chi connectivity index (χ4n) is 2.25. The van der Waals surface area contributed by atoms with E-state index >= 15 is 0 Å². The van der Waals surface area contributed by atoms with E-state index in [9.17, 15) is 13.6 Å². The van der Waals surface area contributed by atoms with Gasteiger partial charge in [0.15, 0.2) is 0 Å². The molecule has 2 rings (SSSR count). The Morgan fingerprint density at radius 1 is 1.35 bits per heavy atom. The van der Waals surface area contributed by atoms with Crippen LogP contribution in [0.1, 0.15) is 24.8 Å². The van der Waals surface area contributed by atoms with Crippen molar-refractivity contribution in [2.24, 2.45) is 0 Å². The third-order valence-corrected chi connectivity index (χ3v) is 3.20. The lowest BCUT2D eigenvalue weighted by Crippen LogP contribution is -2.40. The van der Waals surface area contributed by atoms with Crippen molar-refractivity contribution in [1.29, 1.82) is 0 Å². The largest absolute Gasteiger partial charge is 0.302 e. The summed E-state index contributed by atoms with van der Waals surface area (Å²) >= 11 is 0. The lowest BCUT2D eigenvalue weighted by molar-refractivity contribution is -0.113. The van der Waals surface area contributed by atoms with Crippen molar-refractivity contribution >= 4 is 6.29 Å². The van der Waals surface area contributed by atoms with Crippen molar-refractivity contribution in [2.45, 2.75) is 31.8 Å². The van der Waals surface area contributed by atoms with Crippen LogP contribution in [0, 0.1) is 11.6 Å². The van der Waals surface area contributed by atoms with E-state index < -0.39 is 11.6 Å². The maximum absolute atomic E-state index is 13.5. The quantitative estimate of drug-likeness (QED) is 0.755. The molecule has 1 fully saturated rings. The lowest BCUT2D eigenvalue weighted by atomic mass is 10.0. The molecule has 2 nitrogen and oxygen atoms in total. The summed E-state index contributed by atoms with van der Waals surface area (Å²) < 4.78 is 26.5. The molecule has 1 heterocycles. The number of piperidine rings is 1. The molecule has 0 N–H and O–H groups in total. The van der Waals surface area contributed by atoms with Crippen LogP contribution in [0.3, 0.4) is 0 Å². The van der Waals surface area contributed by atoms with Gasteiger partial charge in [0.1, 0.15) is 17.9 Å². The number of hydrogen-bond acceptors (Lipinski definition) is 2. The second kappa shape index (κ2) is 5.36. The van der Waals surface area contributed by atoms with Crippen LogP contribution >= 0.6 is 0 Å². The number of halogens is 2. The highest BCUT2D eigenvalue weighted by Crippen LogP contribution is 2.20. The van der Waals surface area contributed by atoms with Gasteiger partial charge in [-0.2, -0.15) is 0 Å². The van der Waals surface area contributed by atoms with E-state index in [1.807, 2.05) is 4.90 Å². The van der Waals surface area contributed by atoms with Gasteiger partial charge in [-0.05, 0) is 37.6 Å². The van der Waals surface area contributed by atoms with Crippen molar-refractivity contribution in [1.82, 2.24) is 4.90 Å². The van der Waals surface area contributed by atoms with Gasteiger partial charge in [-0.15, -0.1) is 0 Å². The highest BCUT2D eigenvalue weighted by Gasteiger charge is 2.22. The molecule has 0 aliphatic carbocycles. The highest BCUT2D eigenvalue weighted by molar-refractivity contribution is 5.57. The molecular weight excluding hydrogens is 224 g/mol. The molecule has 4 heteroatoms. The van der Waals surface area contributed by atoms with Crippen LogP contribution < -0.4 is 0 Å². The van der Waals surface area contributed by atoms with Crippen LogP contribution in [0.4, 0.5) is 8.78 Å². The van der Waals surface area contributed by atoms with Crippen LogP contribution in [0.15, 0.2) is 18.2 Å². The zero-order chi connectivity index (χ0) is 12.3. The molecule has 0 aromatic heterocycles. The Kier molecular flexibility index (Phi) is 3.84. The first-order valence-corrected chi connectivity index (χ1v) is 5.84. The van der Waals surface area contributed by atoms with Gasteiger partial charge in [0.05, 0.1) is 6.04 Å². The van der Waals surface area contributed by atoms with Crippen molar-refractivity contribution in [3.8, 4) is 0 Å². The number of benzene rings is 1. The maximum atomic E-state index is 13.5. The van der Waals surface area contributed by atoms with Crippen LogP contribution in [-0.4, -0.2) is 23.8 Å². The molecule has 1 unspecified atom stereocenters. The van der Waals surface area contributed by atoms with Gasteiger partial charge < -0.3 is 4.79 Å². The Labute approximate surface area is 99.2 Å². The normalized spacial score (nSPS) is 21.4. The van der Waals surface area contributed by atoms with Gasteiger partial charge in [0.25, 0.3) is 0 Å². The zero-order valence-electron chi connectivity index (χ0n) is 9.53. The van der Waals surface area contributed by atoms with Crippen LogP contribution in [0.25, 0.3) is 0 Å². The van der Waals surface area contributed by atoms with E-state index in [0.717, 1.165) is 44.2 Å². The molecule has 1 atom stereocenters. The third kappa shape index (κ3) is 2.88. The molecule has 0 bridgehead atoms. The number of likely N-dealkylation sites (tertiary alicyclic amines) is 1. The first kappa shape index (κ1) is 12.2. The number of nitrogens with zero attached hydrogens (tertiary/aromatic N) is 1. The summed E-state index contributed by atoms with van der Waals surface area (Å²) in [7, 11) is 0. The van der Waals surface area contributed by atoms with E-state index in [1.54, 1.807) is 0 Å². The van der Waals surface area contributed by atoms with Gasteiger partial charge in [0, 0.05) is 12.1 Å². The number of hydrogen-bond donors (Lipinski definition) is 0. The summed E-state index contributed by atoms with van der Waals surface area (Å²) in [5.74, 6) is -0.859. The van der Waals surface area contributed by atoms with Crippen molar-refractivity contribution in [2.75, 3.05) is 6.54 Å². The summed E-state index contributed by atoms with van der Waals surface area (Å²) in [5.41, 5.74) is 0.318. The molecule has 1 aliphatic heterocycles. The smallest absolute Gasteiger partial charge is 0.137 e. The molecule has 1 aromatic carbocycles. The van der Waals surface area contributed by atoms with E-state index in [0.29, 0.717) is 12.1 Å². The van der Waals surface area contributed by atoms with Gasteiger partial charge in [-0.1, -0.05) is 6.42 Å². The van der Waals surface area contributed by atoms with Gasteiger partial charge >= 0.3 is 0 Å². The third-order valence-electron chi connectivity index (χ3n) is 3.20. The van der Waals surface area contributed by atoms with Crippen LogP contribution in [0.5, 0.6) is 0 Å². The van der Waals surface area contributed by atoms with E-state index in [2.05, 4.69) is 0 Å². The number of aldehydes is 1. The van der Waals surface area contributed by atoms with Crippen molar-refractivity contribution < 1.29 is 13.6 Å². The predicted molar refractivity (Wildman–Crippen MR) is 60.5 cm³/mol. The topological polar surface area (TPSA) is 20.3 Å². The SMILES string of the molecule is O=CC1CCCCN1Cc1cc(F)ccc1F. The minimum atomic E-state index is -0.443. The van der Waals surface area contributed by atoms with E-state index in [4.69, 9.17) is 0 Å². The Morgan fingerprint density at radius 3 is 2.94 bits per heavy atom. The summed E-state index contributed by atoms with van der Waals surface area (Å²) in [6, 6.07) is 3.27. The minimum Gasteiger partial charge on any atom is -0.302 e. The van der Waals surface area contributed by atoms with Gasteiger partial charge in [-0.25, -0.2) is 8.78 Å². The van der Waals surface area contributed by atoms with Crippen molar-refractivity contribution in [3.63, 3.8) is 0 Å². The molecule has 0 amide bonds. The summed E-state index contributed by atoms with van der Waals surface area (Å²) in [4.78, 5) is 12.8. The monoisotopic (exact) mass is 239 g/mol. The molecule has 1 saturated heterocycles. The van der Waals surface area contributed by atoms with E-state index in [1.165, 1.54) is 6.07 Å². The first-order valence-electron chi connectivity index (χ1n) is 5.84. The molecule has 0 spiro atoms. The molecule has 0 radical (unpaired) electrons. The fraction of sp³-hybridized carbons (Fsp3) is 0.462. The van der Waals surface area contributed by atoms with Crippen LogP contribution in [0.2, 0.25) is 0 Å². The van der Waals surface area contributed by atoms with Gasteiger partial charge in [0.2, 0.25) is 0 Å². The molecule has 0 saturated carbocycles. The second-order valence-corrected chi connectivity index (χ2v) is 4.41. The number of carbonyl (C=O) groups is 1. The zero-order valence-corrected chi connectivity index (χ0v) is 9.53. The Morgan fingerprint density at radius 2 is 2.18 bits per heavy atom. The molecule has 17 heavy (non-hydrogen) atoms. The second-order valence-electron chi connectivity index (χ2n) is 4.41. The predicted octanol–water partition coefficient (Wildman–Crippen LogP) is 2.52. The maximum Gasteiger partial charge on any atom is 0.137 e. The van der Waals surface area contributed by atoms with E-state index in [-0.39, 0.29) is 6.04 Å². The Balaban J connectivity index is 2.13. The lowest BCUT2D eigenvalue weighted by Gasteiger charge is -2.32. The number of carbonyl (C=O) groups excluding carboxylic acids is 1. The summed E-state index contributed by atoms with van der Waals surface area (Å²) in [6.45, 7) is 1.06. The summed E-state index contributed by atoms with van der Waals surface area (Å²) in [6.07, 6.45) is 3.73. The Hall–Kier alpha value is -1.29. The molecule has 1 aliphatic rings. The minimum absolute atomic E-state index is 0.161. The average molecular weight is 239 g/mol. The Bertz CT molecular complexity index is 408. The first-order chi connectivity index (χ1) is 8.20. The van der Waals surface area contributed by atoms with Crippen LogP contribution in [-0.2, 0) is 11.3 Å².